The molecule has 0 fully saturated rings. The predicted molar refractivity (Wildman–Crippen MR) is 71.3 cm³/mol. The maximum Gasteiger partial charge on any atom is 0.239 e. The highest BCUT2D eigenvalue weighted by molar-refractivity contribution is 7.10. The Morgan fingerprint density at radius 3 is 3.12 bits per heavy atom. The van der Waals surface area contributed by atoms with Gasteiger partial charge in [-0.3, -0.25) is 4.79 Å². The average Bonchev–Trinajstić information content (AvgIpc) is 2.83. The van der Waals surface area contributed by atoms with Gasteiger partial charge < -0.3 is 10.2 Å². The molecule has 0 spiro atoms. The van der Waals surface area contributed by atoms with Crippen LogP contribution in [0.1, 0.15) is 36.8 Å². The van der Waals surface area contributed by atoms with Crippen LogP contribution in [-0.2, 0) is 11.2 Å². The monoisotopic (exact) mass is 252 g/mol. The lowest BCUT2D eigenvalue weighted by molar-refractivity contribution is -0.135. The minimum atomic E-state index is -0.0933. The summed E-state index contributed by atoms with van der Waals surface area (Å²) in [4.78, 5) is 15.8. The van der Waals surface area contributed by atoms with Gasteiger partial charge in [0.05, 0.1) is 12.1 Å². The summed E-state index contributed by atoms with van der Waals surface area (Å²) in [5.74, 6) is 0.219. The van der Waals surface area contributed by atoms with E-state index < -0.39 is 0 Å². The Labute approximate surface area is 107 Å². The summed E-state index contributed by atoms with van der Waals surface area (Å²) in [5, 5.41) is 5.18. The first-order chi connectivity index (χ1) is 8.19. The average molecular weight is 252 g/mol. The van der Waals surface area contributed by atoms with E-state index in [1.165, 1.54) is 10.4 Å². The van der Waals surface area contributed by atoms with Crippen molar-refractivity contribution in [2.75, 3.05) is 13.6 Å². The molecule has 2 rings (SSSR count). The lowest BCUT2D eigenvalue weighted by atomic mass is 9.97. The number of hydrogen-bond acceptors (Lipinski definition) is 3. The number of fused-ring (bicyclic) bond motifs is 1. The van der Waals surface area contributed by atoms with Crippen molar-refractivity contribution >= 4 is 17.2 Å². The smallest absolute Gasteiger partial charge is 0.239 e. The first kappa shape index (κ1) is 12.6. The molecule has 1 aromatic heterocycles. The van der Waals surface area contributed by atoms with Crippen molar-refractivity contribution in [2.24, 2.45) is 0 Å². The zero-order valence-corrected chi connectivity index (χ0v) is 11.5. The molecule has 0 bridgehead atoms. The van der Waals surface area contributed by atoms with Crippen LogP contribution in [0, 0.1) is 0 Å². The molecule has 0 aromatic carbocycles. The van der Waals surface area contributed by atoms with E-state index in [2.05, 4.69) is 23.7 Å². The second kappa shape index (κ2) is 5.19. The second-order valence-corrected chi connectivity index (χ2v) is 5.52. The summed E-state index contributed by atoms with van der Waals surface area (Å²) < 4.78 is 0. The third-order valence-electron chi connectivity index (χ3n) is 3.57. The Bertz CT molecular complexity index is 402. The summed E-state index contributed by atoms with van der Waals surface area (Å²) in [6.07, 6.45) is 2.00. The van der Waals surface area contributed by atoms with Gasteiger partial charge in [0.2, 0.25) is 5.91 Å². The van der Waals surface area contributed by atoms with E-state index in [-0.39, 0.29) is 18.0 Å². The molecule has 17 heavy (non-hydrogen) atoms. The molecular weight excluding hydrogens is 232 g/mol. The Hall–Kier alpha value is -0.870. The largest absolute Gasteiger partial charge is 0.334 e. The SMILES string of the molecule is CCC1c2ccsc2CCN1C(=O)C(C)NC. The molecule has 0 saturated heterocycles. The number of likely N-dealkylation sites (N-methyl/N-ethyl adjacent to an activating group) is 1. The quantitative estimate of drug-likeness (QED) is 0.894. The number of hydrogen-bond donors (Lipinski definition) is 1. The molecule has 94 valence electrons. The number of carbonyl (C=O) groups is 1. The zero-order chi connectivity index (χ0) is 12.4. The molecule has 1 aromatic rings. The minimum absolute atomic E-state index is 0.0933. The summed E-state index contributed by atoms with van der Waals surface area (Å²) in [6, 6.07) is 2.36. The van der Waals surface area contributed by atoms with Gasteiger partial charge >= 0.3 is 0 Å². The lowest BCUT2D eigenvalue weighted by Gasteiger charge is -2.37. The Kier molecular flexibility index (Phi) is 3.84. The highest BCUT2D eigenvalue weighted by atomic mass is 32.1. The van der Waals surface area contributed by atoms with Gasteiger partial charge in [-0.05, 0) is 43.8 Å². The van der Waals surface area contributed by atoms with Crippen LogP contribution in [0.25, 0.3) is 0 Å². The van der Waals surface area contributed by atoms with Crippen LogP contribution in [0.15, 0.2) is 11.4 Å². The van der Waals surface area contributed by atoms with Gasteiger partial charge in [-0.1, -0.05) is 6.92 Å². The van der Waals surface area contributed by atoms with Crippen LogP contribution in [0.3, 0.4) is 0 Å². The van der Waals surface area contributed by atoms with Crippen molar-refractivity contribution in [3.63, 3.8) is 0 Å². The number of rotatable bonds is 3. The first-order valence-electron chi connectivity index (χ1n) is 6.23. The van der Waals surface area contributed by atoms with E-state index in [1.54, 1.807) is 0 Å². The molecule has 1 amide bonds. The van der Waals surface area contributed by atoms with Crippen LogP contribution in [0.5, 0.6) is 0 Å². The molecule has 1 N–H and O–H groups in total. The van der Waals surface area contributed by atoms with E-state index in [0.29, 0.717) is 0 Å². The van der Waals surface area contributed by atoms with Crippen LogP contribution in [0.4, 0.5) is 0 Å². The van der Waals surface area contributed by atoms with Crippen LogP contribution in [-0.4, -0.2) is 30.4 Å². The first-order valence-corrected chi connectivity index (χ1v) is 7.11. The fourth-order valence-corrected chi connectivity index (χ4v) is 3.40. The van der Waals surface area contributed by atoms with Crippen molar-refractivity contribution < 1.29 is 4.79 Å². The fourth-order valence-electron chi connectivity index (χ4n) is 2.47. The third-order valence-corrected chi connectivity index (χ3v) is 4.56. The van der Waals surface area contributed by atoms with Gasteiger partial charge in [0.15, 0.2) is 0 Å². The van der Waals surface area contributed by atoms with Crippen molar-refractivity contribution in [2.45, 2.75) is 38.8 Å². The van der Waals surface area contributed by atoms with Crippen LogP contribution >= 0.6 is 11.3 Å². The third kappa shape index (κ3) is 2.24. The topological polar surface area (TPSA) is 32.3 Å². The highest BCUT2D eigenvalue weighted by Crippen LogP contribution is 2.35. The molecule has 0 radical (unpaired) electrons. The molecule has 3 nitrogen and oxygen atoms in total. The molecule has 1 aliphatic rings. The van der Waals surface area contributed by atoms with Gasteiger partial charge in [-0.2, -0.15) is 0 Å². The molecule has 2 atom stereocenters. The summed E-state index contributed by atoms with van der Waals surface area (Å²) in [7, 11) is 1.84. The number of nitrogens with one attached hydrogen (secondary N) is 1. The molecule has 0 aliphatic carbocycles. The Balaban J connectivity index is 2.23. The van der Waals surface area contributed by atoms with Crippen LogP contribution < -0.4 is 5.32 Å². The Morgan fingerprint density at radius 1 is 1.71 bits per heavy atom. The summed E-state index contributed by atoms with van der Waals surface area (Å²) >= 11 is 1.82. The molecule has 2 unspecified atom stereocenters. The van der Waals surface area contributed by atoms with E-state index in [4.69, 9.17) is 0 Å². The minimum Gasteiger partial charge on any atom is -0.334 e. The van der Waals surface area contributed by atoms with Gasteiger partial charge in [0.1, 0.15) is 0 Å². The standard InChI is InChI=1S/C13H20N2OS/c1-4-11-10-6-8-17-12(10)5-7-15(11)13(16)9(2)14-3/h6,8-9,11,14H,4-5,7H2,1-3H3. The van der Waals surface area contributed by atoms with E-state index in [0.717, 1.165) is 19.4 Å². The number of thiophene rings is 1. The predicted octanol–water partition coefficient (Wildman–Crippen LogP) is 2.19. The van der Waals surface area contributed by atoms with Crippen molar-refractivity contribution in [3.8, 4) is 0 Å². The molecule has 2 heterocycles. The molecule has 0 saturated carbocycles. The number of nitrogens with zero attached hydrogens (tertiary/aromatic N) is 1. The summed E-state index contributed by atoms with van der Waals surface area (Å²) in [6.45, 7) is 4.94. The zero-order valence-electron chi connectivity index (χ0n) is 10.7. The fraction of sp³-hybridized carbons (Fsp3) is 0.615. The van der Waals surface area contributed by atoms with E-state index >= 15 is 0 Å². The molecule has 1 aliphatic heterocycles. The second-order valence-electron chi connectivity index (χ2n) is 4.52. The number of amides is 1. The lowest BCUT2D eigenvalue weighted by Crippen LogP contribution is -2.47. The van der Waals surface area contributed by atoms with E-state index in [9.17, 15) is 4.79 Å². The highest BCUT2D eigenvalue weighted by Gasteiger charge is 2.31. The maximum atomic E-state index is 12.3. The summed E-state index contributed by atoms with van der Waals surface area (Å²) in [5.41, 5.74) is 1.36. The Morgan fingerprint density at radius 2 is 2.47 bits per heavy atom. The van der Waals surface area contributed by atoms with Gasteiger partial charge in [-0.25, -0.2) is 0 Å². The molecule has 4 heteroatoms. The van der Waals surface area contributed by atoms with Gasteiger partial charge in [-0.15, -0.1) is 11.3 Å². The number of carbonyl (C=O) groups excluding carboxylic acids is 1. The van der Waals surface area contributed by atoms with Crippen molar-refractivity contribution in [3.05, 3.63) is 21.9 Å². The maximum absolute atomic E-state index is 12.3. The van der Waals surface area contributed by atoms with Gasteiger partial charge in [0, 0.05) is 11.4 Å². The van der Waals surface area contributed by atoms with Crippen molar-refractivity contribution in [1.82, 2.24) is 10.2 Å². The van der Waals surface area contributed by atoms with Crippen LogP contribution in [0.2, 0.25) is 0 Å². The van der Waals surface area contributed by atoms with Gasteiger partial charge in [0.25, 0.3) is 0 Å². The molecular formula is C13H20N2OS. The van der Waals surface area contributed by atoms with Crippen molar-refractivity contribution in [1.29, 1.82) is 0 Å². The van der Waals surface area contributed by atoms with E-state index in [1.807, 2.05) is 30.2 Å². The normalized spacial score (nSPS) is 21.1.